The number of aryl methyl sites for hydroxylation is 1. The minimum absolute atomic E-state index is 0.272. The Bertz CT molecular complexity index is 600. The molecule has 1 atom stereocenters. The van der Waals surface area contributed by atoms with Crippen molar-refractivity contribution < 1.29 is 4.42 Å². The van der Waals surface area contributed by atoms with E-state index in [-0.39, 0.29) is 6.04 Å². The van der Waals surface area contributed by atoms with E-state index in [0.29, 0.717) is 0 Å². The second kappa shape index (κ2) is 4.13. The van der Waals surface area contributed by atoms with Crippen molar-refractivity contribution in [2.75, 3.05) is 18.0 Å². The van der Waals surface area contributed by atoms with E-state index in [1.807, 2.05) is 6.07 Å². The molecule has 2 aliphatic rings. The predicted octanol–water partition coefficient (Wildman–Crippen LogP) is 1.70. The maximum Gasteiger partial charge on any atom is 0.154 e. The Morgan fingerprint density at radius 2 is 2.37 bits per heavy atom. The van der Waals surface area contributed by atoms with Crippen molar-refractivity contribution in [3.8, 4) is 11.3 Å². The maximum absolute atomic E-state index is 6.07. The number of aromatic amines is 1. The fourth-order valence-corrected chi connectivity index (χ4v) is 3.27. The van der Waals surface area contributed by atoms with E-state index in [9.17, 15) is 0 Å². The number of hydrogen-bond donors (Lipinski definition) is 2. The van der Waals surface area contributed by atoms with Crippen LogP contribution in [-0.2, 0) is 12.8 Å². The highest BCUT2D eigenvalue weighted by Gasteiger charge is 2.28. The lowest BCUT2D eigenvalue weighted by Gasteiger charge is -2.31. The second-order valence-electron chi connectivity index (χ2n) is 5.51. The molecule has 2 aromatic rings. The van der Waals surface area contributed by atoms with Gasteiger partial charge in [0.05, 0.1) is 12.0 Å². The molecule has 100 valence electrons. The Hall–Kier alpha value is -1.75. The first-order valence-electron chi connectivity index (χ1n) is 6.97. The Kier molecular flexibility index (Phi) is 2.41. The number of piperidine rings is 1. The Morgan fingerprint density at radius 3 is 3.26 bits per heavy atom. The van der Waals surface area contributed by atoms with Gasteiger partial charge in [0.2, 0.25) is 0 Å². The molecule has 0 saturated carbocycles. The van der Waals surface area contributed by atoms with Crippen molar-refractivity contribution in [3.63, 3.8) is 0 Å². The lowest BCUT2D eigenvalue weighted by molar-refractivity contribution is 0.499. The van der Waals surface area contributed by atoms with Gasteiger partial charge in [-0.05, 0) is 25.3 Å². The van der Waals surface area contributed by atoms with Gasteiger partial charge in [0.25, 0.3) is 0 Å². The fourth-order valence-electron chi connectivity index (χ4n) is 3.27. The molecule has 3 N–H and O–H groups in total. The second-order valence-corrected chi connectivity index (χ2v) is 5.51. The topological polar surface area (TPSA) is 71.1 Å². The summed E-state index contributed by atoms with van der Waals surface area (Å²) in [7, 11) is 0. The zero-order valence-corrected chi connectivity index (χ0v) is 10.9. The third kappa shape index (κ3) is 1.69. The molecular formula is C14H18N4O. The zero-order valence-electron chi connectivity index (χ0n) is 10.9. The molecule has 0 spiro atoms. The molecular weight excluding hydrogens is 240 g/mol. The number of furan rings is 1. The highest BCUT2D eigenvalue weighted by Crippen LogP contribution is 2.37. The summed E-state index contributed by atoms with van der Waals surface area (Å²) >= 11 is 0. The van der Waals surface area contributed by atoms with Gasteiger partial charge < -0.3 is 15.1 Å². The van der Waals surface area contributed by atoms with Crippen LogP contribution in [0.3, 0.4) is 0 Å². The number of fused-ring (bicyclic) bond motifs is 3. The lowest BCUT2D eigenvalue weighted by atomic mass is 9.95. The molecule has 1 aliphatic heterocycles. The van der Waals surface area contributed by atoms with Crippen LogP contribution in [0.15, 0.2) is 16.7 Å². The van der Waals surface area contributed by atoms with Crippen molar-refractivity contribution in [3.05, 3.63) is 23.7 Å². The van der Waals surface area contributed by atoms with Crippen molar-refractivity contribution in [2.45, 2.75) is 31.7 Å². The lowest BCUT2D eigenvalue weighted by Crippen LogP contribution is -2.43. The van der Waals surface area contributed by atoms with E-state index in [4.69, 9.17) is 10.2 Å². The summed E-state index contributed by atoms with van der Waals surface area (Å²) in [5.74, 6) is 2.16. The summed E-state index contributed by atoms with van der Waals surface area (Å²) in [6, 6.07) is 2.30. The molecule has 5 nitrogen and oxygen atoms in total. The predicted molar refractivity (Wildman–Crippen MR) is 73.1 cm³/mol. The number of hydrogen-bond acceptors (Lipinski definition) is 4. The van der Waals surface area contributed by atoms with Crippen molar-refractivity contribution >= 4 is 5.82 Å². The maximum atomic E-state index is 6.07. The number of aromatic nitrogens is 2. The molecule has 5 heteroatoms. The molecule has 0 amide bonds. The number of H-pyrrole nitrogens is 1. The van der Waals surface area contributed by atoms with E-state index in [0.717, 1.165) is 56.0 Å². The molecule has 4 rings (SSSR count). The molecule has 1 fully saturated rings. The molecule has 1 saturated heterocycles. The minimum Gasteiger partial charge on any atom is -0.469 e. The highest BCUT2D eigenvalue weighted by atomic mass is 16.3. The Morgan fingerprint density at radius 1 is 1.42 bits per heavy atom. The molecule has 0 radical (unpaired) electrons. The van der Waals surface area contributed by atoms with Crippen LogP contribution in [0.4, 0.5) is 5.82 Å². The van der Waals surface area contributed by atoms with E-state index in [1.165, 1.54) is 11.1 Å². The van der Waals surface area contributed by atoms with E-state index >= 15 is 0 Å². The van der Waals surface area contributed by atoms with Gasteiger partial charge in [0.1, 0.15) is 5.76 Å². The van der Waals surface area contributed by atoms with Crippen LogP contribution < -0.4 is 10.6 Å². The first kappa shape index (κ1) is 11.1. The van der Waals surface area contributed by atoms with E-state index < -0.39 is 0 Å². The summed E-state index contributed by atoms with van der Waals surface area (Å²) < 4.78 is 5.50. The van der Waals surface area contributed by atoms with Crippen LogP contribution in [0.25, 0.3) is 11.3 Å². The van der Waals surface area contributed by atoms with Crippen molar-refractivity contribution in [1.82, 2.24) is 10.2 Å². The van der Waals surface area contributed by atoms with Gasteiger partial charge in [0.15, 0.2) is 5.82 Å². The van der Waals surface area contributed by atoms with Gasteiger partial charge in [-0.3, -0.25) is 5.10 Å². The summed E-state index contributed by atoms with van der Waals surface area (Å²) in [4.78, 5) is 2.33. The van der Waals surface area contributed by atoms with Gasteiger partial charge in [-0.2, -0.15) is 5.10 Å². The zero-order chi connectivity index (χ0) is 12.8. The minimum atomic E-state index is 0.272. The third-order valence-electron chi connectivity index (χ3n) is 4.22. The van der Waals surface area contributed by atoms with Crippen LogP contribution in [0.1, 0.15) is 24.2 Å². The number of nitrogens with two attached hydrogens (primary N) is 1. The standard InChI is InChI=1S/C14H18N4O/c15-9-2-1-6-18(8-9)14-11-3-4-12-10(5-7-19-12)13(11)16-17-14/h5,7,9H,1-4,6,8,15H2,(H,16,17). The van der Waals surface area contributed by atoms with Crippen LogP contribution in [0, 0.1) is 0 Å². The van der Waals surface area contributed by atoms with Gasteiger partial charge in [-0.15, -0.1) is 0 Å². The molecule has 1 unspecified atom stereocenters. The van der Waals surface area contributed by atoms with Crippen LogP contribution in [-0.4, -0.2) is 29.3 Å². The first-order valence-corrected chi connectivity index (χ1v) is 6.97. The molecule has 0 aromatic carbocycles. The molecule has 0 bridgehead atoms. The number of nitrogens with one attached hydrogen (secondary N) is 1. The molecule has 3 heterocycles. The average molecular weight is 258 g/mol. The monoisotopic (exact) mass is 258 g/mol. The molecule has 1 aliphatic carbocycles. The summed E-state index contributed by atoms with van der Waals surface area (Å²) in [5.41, 5.74) is 9.69. The quantitative estimate of drug-likeness (QED) is 0.816. The third-order valence-corrected chi connectivity index (χ3v) is 4.22. The van der Waals surface area contributed by atoms with Gasteiger partial charge in [0, 0.05) is 36.7 Å². The number of nitrogens with zero attached hydrogens (tertiary/aromatic N) is 2. The SMILES string of the molecule is NC1CCCN(c2n[nH]c3c2CCc2occc2-3)C1. The summed E-state index contributed by atoms with van der Waals surface area (Å²) in [6.07, 6.45) is 5.99. The van der Waals surface area contributed by atoms with Gasteiger partial charge >= 0.3 is 0 Å². The number of anilines is 1. The van der Waals surface area contributed by atoms with Crippen LogP contribution >= 0.6 is 0 Å². The van der Waals surface area contributed by atoms with Gasteiger partial charge in [-0.25, -0.2) is 0 Å². The Labute approximate surface area is 111 Å². The summed E-state index contributed by atoms with van der Waals surface area (Å²) in [6.45, 7) is 1.97. The largest absolute Gasteiger partial charge is 0.469 e. The van der Waals surface area contributed by atoms with Crippen LogP contribution in [0.5, 0.6) is 0 Å². The first-order chi connectivity index (χ1) is 9.33. The van der Waals surface area contributed by atoms with E-state index in [1.54, 1.807) is 6.26 Å². The highest BCUT2D eigenvalue weighted by molar-refractivity contribution is 5.73. The summed E-state index contributed by atoms with van der Waals surface area (Å²) in [5, 5.41) is 7.73. The average Bonchev–Trinajstić information content (AvgIpc) is 3.04. The fraction of sp³-hybridized carbons (Fsp3) is 0.500. The smallest absolute Gasteiger partial charge is 0.154 e. The molecule has 19 heavy (non-hydrogen) atoms. The van der Waals surface area contributed by atoms with Crippen LogP contribution in [0.2, 0.25) is 0 Å². The Balaban J connectivity index is 1.73. The van der Waals surface area contributed by atoms with E-state index in [2.05, 4.69) is 15.1 Å². The molecule has 2 aromatic heterocycles. The number of rotatable bonds is 1. The van der Waals surface area contributed by atoms with Crippen molar-refractivity contribution in [1.29, 1.82) is 0 Å². The normalized spacial score (nSPS) is 22.2. The van der Waals surface area contributed by atoms with Gasteiger partial charge in [-0.1, -0.05) is 0 Å². The van der Waals surface area contributed by atoms with Crippen molar-refractivity contribution in [2.24, 2.45) is 5.73 Å².